The van der Waals surface area contributed by atoms with E-state index < -0.39 is 0 Å². The fraction of sp³-hybridized carbons (Fsp3) is 0.136. The second-order valence-electron chi connectivity index (χ2n) is 6.71. The molecule has 30 heavy (non-hydrogen) atoms. The van der Waals surface area contributed by atoms with Crippen LogP contribution in [0.3, 0.4) is 0 Å². The quantitative estimate of drug-likeness (QED) is 0.451. The van der Waals surface area contributed by atoms with Gasteiger partial charge in [0.1, 0.15) is 13.2 Å². The lowest BCUT2D eigenvalue weighted by molar-refractivity contribution is 0.0984. The zero-order valence-corrected chi connectivity index (χ0v) is 17.3. The number of benzene rings is 2. The smallest absolute Gasteiger partial charge is 0.260 e. The number of hydrogen-bond acceptors (Lipinski definition) is 6. The number of thiazole rings is 1. The molecule has 0 N–H and O–H groups in total. The van der Waals surface area contributed by atoms with Crippen molar-refractivity contribution >= 4 is 44.2 Å². The molecule has 3 heterocycles. The Morgan fingerprint density at radius 1 is 1.03 bits per heavy atom. The minimum absolute atomic E-state index is 0.172. The SMILES string of the molecule is O=C(c1ccc2c(c1)OCCO2)N(Cc1ccncc1)c1nc2ccc(Cl)cc2s1. The van der Waals surface area contributed by atoms with Crippen LogP contribution in [0.4, 0.5) is 5.13 Å². The number of anilines is 1. The number of aromatic nitrogens is 2. The Kier molecular flexibility index (Phi) is 4.98. The molecule has 0 fully saturated rings. The van der Waals surface area contributed by atoms with Gasteiger partial charge in [-0.05, 0) is 54.1 Å². The molecular formula is C22H16ClN3O3S. The van der Waals surface area contributed by atoms with E-state index in [0.29, 0.717) is 47.0 Å². The molecule has 2 aromatic carbocycles. The van der Waals surface area contributed by atoms with E-state index in [9.17, 15) is 4.79 Å². The Morgan fingerprint density at radius 3 is 2.67 bits per heavy atom. The molecular weight excluding hydrogens is 422 g/mol. The summed E-state index contributed by atoms with van der Waals surface area (Å²) in [4.78, 5) is 23.9. The molecule has 0 radical (unpaired) electrons. The first-order valence-corrected chi connectivity index (χ1v) is 10.5. The molecule has 1 aliphatic heterocycles. The molecule has 4 aromatic rings. The summed E-state index contributed by atoms with van der Waals surface area (Å²) in [6.45, 7) is 1.33. The molecule has 0 unspecified atom stereocenters. The molecule has 0 bridgehead atoms. The van der Waals surface area contributed by atoms with E-state index in [0.717, 1.165) is 15.8 Å². The van der Waals surface area contributed by atoms with Gasteiger partial charge in [0.15, 0.2) is 16.6 Å². The Balaban J connectivity index is 1.55. The topological polar surface area (TPSA) is 64.6 Å². The summed E-state index contributed by atoms with van der Waals surface area (Å²) in [5.41, 5.74) is 2.26. The number of halogens is 1. The third-order valence-electron chi connectivity index (χ3n) is 4.69. The largest absolute Gasteiger partial charge is 0.486 e. The van der Waals surface area contributed by atoms with Gasteiger partial charge in [0.25, 0.3) is 5.91 Å². The van der Waals surface area contributed by atoms with E-state index in [1.807, 2.05) is 24.3 Å². The minimum atomic E-state index is -0.172. The average molecular weight is 438 g/mol. The monoisotopic (exact) mass is 437 g/mol. The van der Waals surface area contributed by atoms with Crippen LogP contribution in [0.15, 0.2) is 60.9 Å². The van der Waals surface area contributed by atoms with E-state index in [2.05, 4.69) is 9.97 Å². The van der Waals surface area contributed by atoms with E-state index >= 15 is 0 Å². The van der Waals surface area contributed by atoms with E-state index in [4.69, 9.17) is 21.1 Å². The second-order valence-corrected chi connectivity index (χ2v) is 8.16. The first-order chi connectivity index (χ1) is 14.7. The van der Waals surface area contributed by atoms with Crippen molar-refractivity contribution in [3.05, 3.63) is 77.1 Å². The number of fused-ring (bicyclic) bond motifs is 2. The average Bonchev–Trinajstić information content (AvgIpc) is 3.20. The number of pyridine rings is 1. The Bertz CT molecular complexity index is 1230. The summed E-state index contributed by atoms with van der Waals surface area (Å²) >= 11 is 7.56. The van der Waals surface area contributed by atoms with Crippen molar-refractivity contribution in [2.45, 2.75) is 6.54 Å². The van der Waals surface area contributed by atoms with Gasteiger partial charge in [-0.25, -0.2) is 4.98 Å². The number of ether oxygens (including phenoxy) is 2. The molecule has 6 nitrogen and oxygen atoms in total. The van der Waals surface area contributed by atoms with E-state index in [1.54, 1.807) is 41.6 Å². The first-order valence-electron chi connectivity index (χ1n) is 9.34. The van der Waals surface area contributed by atoms with Crippen LogP contribution in [0.2, 0.25) is 5.02 Å². The maximum Gasteiger partial charge on any atom is 0.260 e. The van der Waals surface area contributed by atoms with Gasteiger partial charge in [-0.15, -0.1) is 0 Å². The molecule has 5 rings (SSSR count). The van der Waals surface area contributed by atoms with Gasteiger partial charge in [0, 0.05) is 23.0 Å². The van der Waals surface area contributed by atoms with Gasteiger partial charge < -0.3 is 9.47 Å². The molecule has 0 atom stereocenters. The highest BCUT2D eigenvalue weighted by Crippen LogP contribution is 2.34. The summed E-state index contributed by atoms with van der Waals surface area (Å²) in [6, 6.07) is 14.5. The highest BCUT2D eigenvalue weighted by Gasteiger charge is 2.24. The van der Waals surface area contributed by atoms with Crippen molar-refractivity contribution in [1.29, 1.82) is 0 Å². The predicted molar refractivity (Wildman–Crippen MR) is 117 cm³/mol. The van der Waals surface area contributed by atoms with Crippen LogP contribution in [-0.2, 0) is 6.54 Å². The van der Waals surface area contributed by atoms with Gasteiger partial charge in [0.2, 0.25) is 0 Å². The zero-order valence-electron chi connectivity index (χ0n) is 15.7. The lowest BCUT2D eigenvalue weighted by Crippen LogP contribution is -2.30. The Hall–Kier alpha value is -3.16. The number of hydrogen-bond donors (Lipinski definition) is 0. The number of carbonyl (C=O) groups is 1. The third-order valence-corrected chi connectivity index (χ3v) is 5.97. The number of carbonyl (C=O) groups excluding carboxylic acids is 1. The van der Waals surface area contributed by atoms with E-state index in [-0.39, 0.29) is 5.91 Å². The fourth-order valence-corrected chi connectivity index (χ4v) is 4.47. The van der Waals surface area contributed by atoms with Crippen molar-refractivity contribution in [2.75, 3.05) is 18.1 Å². The summed E-state index contributed by atoms with van der Waals surface area (Å²) in [5.74, 6) is 1.05. The zero-order chi connectivity index (χ0) is 20.5. The summed E-state index contributed by atoms with van der Waals surface area (Å²) in [5, 5.41) is 1.24. The molecule has 150 valence electrons. The van der Waals surface area contributed by atoms with Gasteiger partial charge in [-0.3, -0.25) is 14.7 Å². The van der Waals surface area contributed by atoms with Crippen molar-refractivity contribution in [2.24, 2.45) is 0 Å². The lowest BCUT2D eigenvalue weighted by Gasteiger charge is -2.22. The Morgan fingerprint density at radius 2 is 1.83 bits per heavy atom. The van der Waals surface area contributed by atoms with Crippen molar-refractivity contribution in [1.82, 2.24) is 9.97 Å². The number of amides is 1. The molecule has 0 spiro atoms. The highest BCUT2D eigenvalue weighted by atomic mass is 35.5. The number of rotatable bonds is 4. The second kappa shape index (κ2) is 7.93. The maximum atomic E-state index is 13.5. The normalized spacial score (nSPS) is 12.7. The van der Waals surface area contributed by atoms with Gasteiger partial charge in [-0.1, -0.05) is 22.9 Å². The predicted octanol–water partition coefficient (Wildman–Crippen LogP) is 4.96. The molecule has 1 amide bonds. The first kappa shape index (κ1) is 18.8. The minimum Gasteiger partial charge on any atom is -0.486 e. The van der Waals surface area contributed by atoms with Crippen LogP contribution in [0.25, 0.3) is 10.2 Å². The van der Waals surface area contributed by atoms with Crippen molar-refractivity contribution in [3.8, 4) is 11.5 Å². The van der Waals surface area contributed by atoms with Crippen LogP contribution in [0.5, 0.6) is 11.5 Å². The summed E-state index contributed by atoms with van der Waals surface area (Å²) in [7, 11) is 0. The molecule has 1 aliphatic rings. The molecule has 0 saturated carbocycles. The van der Waals surface area contributed by atoms with Crippen LogP contribution >= 0.6 is 22.9 Å². The number of nitrogens with zero attached hydrogens (tertiary/aromatic N) is 3. The van der Waals surface area contributed by atoms with Crippen LogP contribution in [-0.4, -0.2) is 29.1 Å². The van der Waals surface area contributed by atoms with Crippen LogP contribution < -0.4 is 14.4 Å². The molecule has 2 aromatic heterocycles. The van der Waals surface area contributed by atoms with Gasteiger partial charge in [-0.2, -0.15) is 0 Å². The standard InChI is InChI=1S/C22H16ClN3O3S/c23-16-2-3-17-20(12-16)30-22(25-17)26(13-14-5-7-24-8-6-14)21(27)15-1-4-18-19(11-15)29-10-9-28-18/h1-8,11-12H,9-10,13H2. The molecule has 0 saturated heterocycles. The molecule has 0 aliphatic carbocycles. The van der Waals surface area contributed by atoms with E-state index in [1.165, 1.54) is 11.3 Å². The van der Waals surface area contributed by atoms with Crippen molar-refractivity contribution in [3.63, 3.8) is 0 Å². The fourth-order valence-electron chi connectivity index (χ4n) is 3.23. The maximum absolute atomic E-state index is 13.5. The van der Waals surface area contributed by atoms with Gasteiger partial charge in [0.05, 0.1) is 16.8 Å². The Labute approximate surface area is 181 Å². The highest BCUT2D eigenvalue weighted by molar-refractivity contribution is 7.22. The van der Waals surface area contributed by atoms with Crippen molar-refractivity contribution < 1.29 is 14.3 Å². The summed E-state index contributed by atoms with van der Waals surface area (Å²) in [6.07, 6.45) is 3.42. The molecule has 8 heteroatoms. The van der Waals surface area contributed by atoms with Gasteiger partial charge >= 0.3 is 0 Å². The summed E-state index contributed by atoms with van der Waals surface area (Å²) < 4.78 is 12.1. The van der Waals surface area contributed by atoms with Crippen LogP contribution in [0.1, 0.15) is 15.9 Å². The lowest BCUT2D eigenvalue weighted by atomic mass is 10.1. The third kappa shape index (κ3) is 3.69. The van der Waals surface area contributed by atoms with Crippen LogP contribution in [0, 0.1) is 0 Å².